The summed E-state index contributed by atoms with van der Waals surface area (Å²) in [4.78, 5) is 17.8. The number of guanidine groups is 1. The van der Waals surface area contributed by atoms with E-state index in [1.165, 1.54) is 0 Å². The van der Waals surface area contributed by atoms with Crippen LogP contribution < -0.4 is 10.6 Å². The molecule has 9 nitrogen and oxygen atoms in total. The van der Waals surface area contributed by atoms with Crippen LogP contribution in [-0.4, -0.2) is 74.5 Å². The summed E-state index contributed by atoms with van der Waals surface area (Å²) in [6, 6.07) is 3.90. The van der Waals surface area contributed by atoms with Crippen LogP contribution in [0.25, 0.3) is 0 Å². The maximum absolute atomic E-state index is 6.39. The van der Waals surface area contributed by atoms with E-state index in [9.17, 15) is 0 Å². The average Bonchev–Trinajstić information content (AvgIpc) is 3.20. The summed E-state index contributed by atoms with van der Waals surface area (Å²) in [7, 11) is 0. The monoisotopic (exact) mass is 398 g/mol. The fourth-order valence-electron chi connectivity index (χ4n) is 3.92. The third-order valence-corrected chi connectivity index (χ3v) is 5.32. The summed E-state index contributed by atoms with van der Waals surface area (Å²) in [5, 5.41) is 4.42. The molecule has 2 fully saturated rings. The molecule has 1 aliphatic heterocycles. The normalized spacial score (nSPS) is 25.8. The average molecular weight is 399 g/mol. The van der Waals surface area contributed by atoms with Gasteiger partial charge in [0.15, 0.2) is 5.96 Å². The van der Waals surface area contributed by atoms with Gasteiger partial charge in [-0.15, -0.1) is 0 Å². The lowest BCUT2D eigenvalue weighted by Crippen LogP contribution is -2.54. The Labute approximate surface area is 171 Å². The van der Waals surface area contributed by atoms with Gasteiger partial charge in [0.1, 0.15) is 6.04 Å². The van der Waals surface area contributed by atoms with Crippen molar-refractivity contribution < 1.29 is 4.74 Å². The highest BCUT2D eigenvalue weighted by atomic mass is 16.5. The second-order valence-corrected chi connectivity index (χ2v) is 8.56. The standard InChI is InChI=1S/C20H30N8O/c1-20(2,3)29-16-14-15(17(16)28-9-5-8-24-28)25-18(21)26-10-12-27(13-11-26)19-22-6-4-7-23-19/h4-9,15-17H,10-14H2,1-3H3,(H2,21,25). The predicted octanol–water partition coefficient (Wildman–Crippen LogP) is 1.31. The molecule has 1 aliphatic carbocycles. The summed E-state index contributed by atoms with van der Waals surface area (Å²) in [6.45, 7) is 9.48. The summed E-state index contributed by atoms with van der Waals surface area (Å²) in [5.41, 5.74) is 6.18. The smallest absolute Gasteiger partial charge is 0.225 e. The van der Waals surface area contributed by atoms with E-state index in [0.717, 1.165) is 38.5 Å². The molecule has 29 heavy (non-hydrogen) atoms. The molecule has 156 valence electrons. The molecule has 0 radical (unpaired) electrons. The summed E-state index contributed by atoms with van der Waals surface area (Å²) in [5.74, 6) is 1.36. The van der Waals surface area contributed by atoms with Crippen molar-refractivity contribution in [2.45, 2.75) is 51.0 Å². The SMILES string of the molecule is CC(C)(C)OC1CC(N=C(N)N2CCN(c3ncccn3)CC2)C1n1cccn1. The van der Waals surface area contributed by atoms with Crippen molar-refractivity contribution in [3.8, 4) is 0 Å². The largest absolute Gasteiger partial charge is 0.370 e. The molecule has 2 N–H and O–H groups in total. The number of aromatic nitrogens is 4. The minimum atomic E-state index is -0.202. The number of nitrogens with zero attached hydrogens (tertiary/aromatic N) is 7. The molecule has 0 bridgehead atoms. The maximum Gasteiger partial charge on any atom is 0.225 e. The summed E-state index contributed by atoms with van der Waals surface area (Å²) < 4.78 is 8.18. The first-order chi connectivity index (χ1) is 13.9. The lowest BCUT2D eigenvalue weighted by molar-refractivity contribution is -0.128. The molecule has 3 heterocycles. The molecule has 2 aromatic rings. The fourth-order valence-corrected chi connectivity index (χ4v) is 3.92. The molecule has 3 unspecified atom stereocenters. The number of piperazine rings is 1. The summed E-state index contributed by atoms with van der Waals surface area (Å²) in [6.07, 6.45) is 8.24. The molecular weight excluding hydrogens is 368 g/mol. The Balaban J connectivity index is 1.39. The first-order valence-corrected chi connectivity index (χ1v) is 10.2. The van der Waals surface area contributed by atoms with Gasteiger partial charge in [0.25, 0.3) is 0 Å². The molecule has 2 aromatic heterocycles. The van der Waals surface area contributed by atoms with Gasteiger partial charge in [-0.1, -0.05) is 0 Å². The zero-order valence-corrected chi connectivity index (χ0v) is 17.3. The highest BCUT2D eigenvalue weighted by molar-refractivity contribution is 5.78. The first-order valence-electron chi connectivity index (χ1n) is 10.2. The molecule has 0 amide bonds. The molecule has 0 aromatic carbocycles. The highest BCUT2D eigenvalue weighted by Crippen LogP contribution is 2.39. The van der Waals surface area contributed by atoms with Crippen LogP contribution in [0.5, 0.6) is 0 Å². The maximum atomic E-state index is 6.39. The Bertz CT molecular complexity index is 809. The highest BCUT2D eigenvalue weighted by Gasteiger charge is 2.45. The second kappa shape index (κ2) is 7.98. The van der Waals surface area contributed by atoms with Crippen molar-refractivity contribution in [2.75, 3.05) is 31.1 Å². The predicted molar refractivity (Wildman–Crippen MR) is 112 cm³/mol. The van der Waals surface area contributed by atoms with Crippen LogP contribution in [0, 0.1) is 0 Å². The van der Waals surface area contributed by atoms with Crippen molar-refractivity contribution in [3.63, 3.8) is 0 Å². The van der Waals surface area contributed by atoms with Gasteiger partial charge in [-0.3, -0.25) is 4.68 Å². The quantitative estimate of drug-likeness (QED) is 0.612. The van der Waals surface area contributed by atoms with E-state index in [1.807, 2.05) is 23.0 Å². The Hall–Kier alpha value is -2.68. The summed E-state index contributed by atoms with van der Waals surface area (Å²) >= 11 is 0. The van der Waals surface area contributed by atoms with E-state index in [1.54, 1.807) is 18.6 Å². The van der Waals surface area contributed by atoms with E-state index >= 15 is 0 Å². The lowest BCUT2D eigenvalue weighted by atomic mass is 9.82. The number of nitrogens with two attached hydrogens (primary N) is 1. The van der Waals surface area contributed by atoms with E-state index in [4.69, 9.17) is 15.5 Å². The van der Waals surface area contributed by atoms with Crippen molar-refractivity contribution in [2.24, 2.45) is 10.7 Å². The minimum Gasteiger partial charge on any atom is -0.370 e. The number of ether oxygens (including phenoxy) is 1. The van der Waals surface area contributed by atoms with Gasteiger partial charge < -0.3 is 20.3 Å². The van der Waals surface area contributed by atoms with E-state index in [-0.39, 0.29) is 23.8 Å². The van der Waals surface area contributed by atoms with Crippen LogP contribution in [0.4, 0.5) is 5.95 Å². The van der Waals surface area contributed by atoms with Crippen LogP contribution in [0.2, 0.25) is 0 Å². The number of aliphatic imine (C=N–C) groups is 1. The van der Waals surface area contributed by atoms with Crippen LogP contribution >= 0.6 is 0 Å². The minimum absolute atomic E-state index is 0.0673. The van der Waals surface area contributed by atoms with Crippen LogP contribution in [0.15, 0.2) is 41.9 Å². The zero-order valence-electron chi connectivity index (χ0n) is 17.3. The number of hydrogen-bond donors (Lipinski definition) is 1. The first kappa shape index (κ1) is 19.6. The van der Waals surface area contributed by atoms with Gasteiger partial charge >= 0.3 is 0 Å². The second-order valence-electron chi connectivity index (χ2n) is 8.56. The van der Waals surface area contributed by atoms with E-state index in [0.29, 0.717) is 5.96 Å². The van der Waals surface area contributed by atoms with Gasteiger partial charge in [0, 0.05) is 57.4 Å². The third-order valence-electron chi connectivity index (χ3n) is 5.32. The molecular formula is C20H30N8O. The molecule has 1 saturated heterocycles. The van der Waals surface area contributed by atoms with Gasteiger partial charge in [0.2, 0.25) is 5.95 Å². The Morgan fingerprint density at radius 1 is 1.10 bits per heavy atom. The fraction of sp³-hybridized carbons (Fsp3) is 0.600. The van der Waals surface area contributed by atoms with Gasteiger partial charge in [-0.25, -0.2) is 15.0 Å². The van der Waals surface area contributed by atoms with Gasteiger partial charge in [0.05, 0.1) is 17.7 Å². The number of hydrogen-bond acceptors (Lipinski definition) is 6. The Kier molecular flexibility index (Phi) is 5.40. The Morgan fingerprint density at radius 2 is 1.83 bits per heavy atom. The van der Waals surface area contributed by atoms with Crippen molar-refractivity contribution in [1.29, 1.82) is 0 Å². The molecule has 3 atom stereocenters. The molecule has 4 rings (SSSR count). The zero-order chi connectivity index (χ0) is 20.4. The number of anilines is 1. The van der Waals surface area contributed by atoms with Gasteiger partial charge in [-0.2, -0.15) is 5.10 Å². The Morgan fingerprint density at radius 3 is 2.45 bits per heavy atom. The van der Waals surface area contributed by atoms with Gasteiger partial charge in [-0.05, 0) is 32.9 Å². The van der Waals surface area contributed by atoms with Crippen molar-refractivity contribution in [1.82, 2.24) is 24.6 Å². The van der Waals surface area contributed by atoms with Crippen molar-refractivity contribution in [3.05, 3.63) is 36.9 Å². The van der Waals surface area contributed by atoms with E-state index in [2.05, 4.69) is 45.6 Å². The van der Waals surface area contributed by atoms with Crippen molar-refractivity contribution >= 4 is 11.9 Å². The number of rotatable bonds is 4. The van der Waals surface area contributed by atoms with Crippen LogP contribution in [-0.2, 0) is 4.74 Å². The van der Waals surface area contributed by atoms with E-state index < -0.39 is 0 Å². The van der Waals surface area contributed by atoms with Crippen LogP contribution in [0.1, 0.15) is 33.2 Å². The molecule has 2 aliphatic rings. The lowest BCUT2D eigenvalue weighted by Gasteiger charge is -2.45. The molecule has 1 saturated carbocycles. The topological polar surface area (TPSA) is 97.7 Å². The molecule has 9 heteroatoms. The third kappa shape index (κ3) is 4.50. The van der Waals surface area contributed by atoms with Crippen LogP contribution in [0.3, 0.4) is 0 Å². The molecule has 0 spiro atoms.